The van der Waals surface area contributed by atoms with Crippen molar-refractivity contribution in [2.75, 3.05) is 13.1 Å². The average Bonchev–Trinajstić information content (AvgIpc) is 2.99. The van der Waals surface area contributed by atoms with Crippen LogP contribution in [-0.2, 0) is 6.54 Å². The van der Waals surface area contributed by atoms with Crippen LogP contribution in [0.25, 0.3) is 0 Å². The molecule has 1 aliphatic heterocycles. The Morgan fingerprint density at radius 2 is 2.41 bits per heavy atom. The Bertz CT molecular complexity index is 478. The van der Waals surface area contributed by atoms with Gasteiger partial charge in [-0.05, 0) is 25.1 Å². The van der Waals surface area contributed by atoms with Gasteiger partial charge in [0.05, 0.1) is 18.7 Å². The summed E-state index contributed by atoms with van der Waals surface area (Å²) in [6.45, 7) is 4.69. The first-order valence-electron chi connectivity index (χ1n) is 5.86. The van der Waals surface area contributed by atoms with Crippen molar-refractivity contribution in [3.05, 3.63) is 35.9 Å². The fourth-order valence-corrected chi connectivity index (χ4v) is 2.28. The quantitative estimate of drug-likeness (QED) is 0.811. The Labute approximate surface area is 99.4 Å². The number of furan rings is 1. The van der Waals surface area contributed by atoms with E-state index >= 15 is 0 Å². The van der Waals surface area contributed by atoms with Crippen molar-refractivity contribution in [1.82, 2.24) is 15.1 Å². The van der Waals surface area contributed by atoms with Crippen LogP contribution < -0.4 is 0 Å². The Kier molecular flexibility index (Phi) is 2.68. The van der Waals surface area contributed by atoms with E-state index < -0.39 is 0 Å². The fraction of sp³-hybridized carbons (Fsp3) is 0.500. The van der Waals surface area contributed by atoms with Gasteiger partial charge in [-0.3, -0.25) is 4.90 Å². The average molecular weight is 233 g/mol. The molecule has 3 rings (SSSR count). The molecule has 0 saturated carbocycles. The second kappa shape index (κ2) is 4.33. The Morgan fingerprint density at radius 1 is 1.47 bits per heavy atom. The molecule has 1 saturated heterocycles. The lowest BCUT2D eigenvalue weighted by Crippen LogP contribution is -2.19. The summed E-state index contributed by atoms with van der Waals surface area (Å²) in [6, 6.07) is 3.93. The van der Waals surface area contributed by atoms with Crippen molar-refractivity contribution in [3.8, 4) is 0 Å². The molecule has 0 aliphatic carbocycles. The maximum absolute atomic E-state index is 5.48. The van der Waals surface area contributed by atoms with E-state index in [4.69, 9.17) is 8.83 Å². The molecule has 3 heterocycles. The van der Waals surface area contributed by atoms with Crippen LogP contribution in [0.1, 0.15) is 29.9 Å². The lowest BCUT2D eigenvalue weighted by atomic mass is 10.1. The molecule has 5 nitrogen and oxygen atoms in total. The first kappa shape index (κ1) is 10.5. The van der Waals surface area contributed by atoms with Gasteiger partial charge in [0.25, 0.3) is 0 Å². The topological polar surface area (TPSA) is 55.3 Å². The zero-order chi connectivity index (χ0) is 11.7. The number of aryl methyl sites for hydroxylation is 1. The first-order valence-corrected chi connectivity index (χ1v) is 5.86. The highest BCUT2D eigenvalue weighted by atomic mass is 16.4. The van der Waals surface area contributed by atoms with E-state index in [-0.39, 0.29) is 0 Å². The number of hydrogen-bond acceptors (Lipinski definition) is 5. The molecule has 0 aromatic carbocycles. The van der Waals surface area contributed by atoms with Crippen LogP contribution in [0.4, 0.5) is 0 Å². The van der Waals surface area contributed by atoms with E-state index in [1.54, 1.807) is 6.26 Å². The number of hydrogen-bond donors (Lipinski definition) is 0. The minimum absolute atomic E-state index is 0.367. The first-order chi connectivity index (χ1) is 8.31. The third-order valence-electron chi connectivity index (χ3n) is 3.12. The molecule has 0 radical (unpaired) electrons. The number of likely N-dealkylation sites (tertiary alicyclic amines) is 1. The Morgan fingerprint density at radius 3 is 3.12 bits per heavy atom. The van der Waals surface area contributed by atoms with Gasteiger partial charge >= 0.3 is 0 Å². The van der Waals surface area contributed by atoms with Crippen LogP contribution in [0.3, 0.4) is 0 Å². The predicted octanol–water partition coefficient (Wildman–Crippen LogP) is 1.96. The zero-order valence-corrected chi connectivity index (χ0v) is 9.80. The SMILES string of the molecule is Cc1nnc(C2CCN(Cc3ccco3)C2)o1. The monoisotopic (exact) mass is 233 g/mol. The third kappa shape index (κ3) is 2.24. The molecule has 0 bridgehead atoms. The molecule has 2 aromatic rings. The van der Waals surface area contributed by atoms with Crippen molar-refractivity contribution in [1.29, 1.82) is 0 Å². The molecule has 17 heavy (non-hydrogen) atoms. The van der Waals surface area contributed by atoms with Crippen molar-refractivity contribution < 1.29 is 8.83 Å². The maximum atomic E-state index is 5.48. The summed E-state index contributed by atoms with van der Waals surface area (Å²) in [5.74, 6) is 2.78. The largest absolute Gasteiger partial charge is 0.468 e. The van der Waals surface area contributed by atoms with Gasteiger partial charge in [0.15, 0.2) is 0 Å². The molecular formula is C12H15N3O2. The molecule has 90 valence electrons. The second-order valence-corrected chi connectivity index (χ2v) is 4.46. The normalized spacial score (nSPS) is 21.1. The molecule has 1 unspecified atom stereocenters. The van der Waals surface area contributed by atoms with E-state index in [9.17, 15) is 0 Å². The highest BCUT2D eigenvalue weighted by Crippen LogP contribution is 2.27. The minimum Gasteiger partial charge on any atom is -0.468 e. The van der Waals surface area contributed by atoms with E-state index in [2.05, 4.69) is 15.1 Å². The summed E-state index contributed by atoms with van der Waals surface area (Å²) in [5, 5.41) is 7.97. The van der Waals surface area contributed by atoms with Crippen molar-refractivity contribution >= 4 is 0 Å². The maximum Gasteiger partial charge on any atom is 0.220 e. The second-order valence-electron chi connectivity index (χ2n) is 4.46. The molecule has 0 N–H and O–H groups in total. The van der Waals surface area contributed by atoms with E-state index in [0.29, 0.717) is 11.8 Å². The van der Waals surface area contributed by atoms with Gasteiger partial charge < -0.3 is 8.83 Å². The van der Waals surface area contributed by atoms with Crippen LogP contribution in [0.15, 0.2) is 27.2 Å². The molecule has 2 aromatic heterocycles. The molecule has 0 amide bonds. The van der Waals surface area contributed by atoms with Gasteiger partial charge in [0.1, 0.15) is 5.76 Å². The Hall–Kier alpha value is -1.62. The van der Waals surface area contributed by atoms with Crippen LogP contribution in [0.5, 0.6) is 0 Å². The van der Waals surface area contributed by atoms with Gasteiger partial charge in [0.2, 0.25) is 11.8 Å². The summed E-state index contributed by atoms with van der Waals surface area (Å²) in [4.78, 5) is 2.35. The number of aromatic nitrogens is 2. The summed E-state index contributed by atoms with van der Waals surface area (Å²) in [5.41, 5.74) is 0. The third-order valence-corrected chi connectivity index (χ3v) is 3.12. The molecular weight excluding hydrogens is 218 g/mol. The summed E-state index contributed by atoms with van der Waals surface area (Å²) < 4.78 is 10.8. The van der Waals surface area contributed by atoms with E-state index in [0.717, 1.165) is 37.7 Å². The minimum atomic E-state index is 0.367. The summed E-state index contributed by atoms with van der Waals surface area (Å²) in [7, 11) is 0. The smallest absolute Gasteiger partial charge is 0.220 e. The van der Waals surface area contributed by atoms with Crippen LogP contribution >= 0.6 is 0 Å². The summed E-state index contributed by atoms with van der Waals surface area (Å²) >= 11 is 0. The van der Waals surface area contributed by atoms with Crippen molar-refractivity contribution in [2.24, 2.45) is 0 Å². The molecule has 0 spiro atoms. The standard InChI is InChI=1S/C12H15N3O2/c1-9-13-14-12(17-9)10-4-5-15(7-10)8-11-3-2-6-16-11/h2-3,6,10H,4-5,7-8H2,1H3. The molecule has 1 fully saturated rings. The van der Waals surface area contributed by atoms with Crippen LogP contribution in [0.2, 0.25) is 0 Å². The summed E-state index contributed by atoms with van der Waals surface area (Å²) in [6.07, 6.45) is 2.78. The van der Waals surface area contributed by atoms with Gasteiger partial charge in [-0.15, -0.1) is 10.2 Å². The molecule has 5 heteroatoms. The van der Waals surface area contributed by atoms with Gasteiger partial charge in [-0.25, -0.2) is 0 Å². The van der Waals surface area contributed by atoms with Gasteiger partial charge in [0, 0.05) is 13.5 Å². The van der Waals surface area contributed by atoms with Gasteiger partial charge in [-0.2, -0.15) is 0 Å². The lowest BCUT2D eigenvalue weighted by Gasteiger charge is -2.12. The zero-order valence-electron chi connectivity index (χ0n) is 9.80. The van der Waals surface area contributed by atoms with Crippen molar-refractivity contribution in [2.45, 2.75) is 25.8 Å². The van der Waals surface area contributed by atoms with E-state index in [1.807, 2.05) is 19.1 Å². The predicted molar refractivity (Wildman–Crippen MR) is 60.4 cm³/mol. The lowest BCUT2D eigenvalue weighted by molar-refractivity contribution is 0.289. The highest BCUT2D eigenvalue weighted by Gasteiger charge is 2.28. The van der Waals surface area contributed by atoms with E-state index in [1.165, 1.54) is 0 Å². The van der Waals surface area contributed by atoms with Crippen LogP contribution in [0, 0.1) is 6.92 Å². The molecule has 1 aliphatic rings. The van der Waals surface area contributed by atoms with Crippen LogP contribution in [-0.4, -0.2) is 28.2 Å². The van der Waals surface area contributed by atoms with Crippen molar-refractivity contribution in [3.63, 3.8) is 0 Å². The van der Waals surface area contributed by atoms with Gasteiger partial charge in [-0.1, -0.05) is 0 Å². The number of nitrogens with zero attached hydrogens (tertiary/aromatic N) is 3. The number of rotatable bonds is 3. The Balaban J connectivity index is 1.62. The fourth-order valence-electron chi connectivity index (χ4n) is 2.28. The molecule has 1 atom stereocenters. The highest BCUT2D eigenvalue weighted by molar-refractivity contribution is 5.01.